The Morgan fingerprint density at radius 3 is 2.19 bits per heavy atom. The van der Waals surface area contributed by atoms with Crippen LogP contribution in [-0.4, -0.2) is 54.0 Å². The molecule has 8 nitrogen and oxygen atoms in total. The number of ether oxygens (including phenoxy) is 2. The molecule has 1 aliphatic heterocycles. The van der Waals surface area contributed by atoms with Crippen LogP contribution in [0, 0.1) is 0 Å². The van der Waals surface area contributed by atoms with Crippen LogP contribution in [0.2, 0.25) is 0 Å². The van der Waals surface area contributed by atoms with Gasteiger partial charge in [0, 0.05) is 12.1 Å². The van der Waals surface area contributed by atoms with Gasteiger partial charge in [-0.15, -0.1) is 0 Å². The average molecular weight is 495 g/mol. The summed E-state index contributed by atoms with van der Waals surface area (Å²) < 4.78 is 16.7. The fourth-order valence-electron chi connectivity index (χ4n) is 5.81. The number of para-hydroxylation sites is 2. The van der Waals surface area contributed by atoms with Gasteiger partial charge in [0.1, 0.15) is 5.75 Å². The Balaban J connectivity index is 1.26. The second kappa shape index (κ2) is 11.2. The van der Waals surface area contributed by atoms with Gasteiger partial charge < -0.3 is 18.8 Å². The lowest BCUT2D eigenvalue weighted by Crippen LogP contribution is -2.51. The maximum absolute atomic E-state index is 13.4. The van der Waals surface area contributed by atoms with Crippen LogP contribution >= 0.6 is 0 Å². The van der Waals surface area contributed by atoms with Crippen molar-refractivity contribution in [1.29, 1.82) is 0 Å². The number of carbonyl (C=O) groups is 3. The number of furan rings is 1. The first-order chi connectivity index (χ1) is 17.6. The first-order valence-electron chi connectivity index (χ1n) is 13.2. The summed E-state index contributed by atoms with van der Waals surface area (Å²) in [5.74, 6) is -0.567. The highest BCUT2D eigenvalue weighted by Gasteiger charge is 2.37. The molecule has 2 amide bonds. The summed E-state index contributed by atoms with van der Waals surface area (Å²) >= 11 is 0. The van der Waals surface area contributed by atoms with Gasteiger partial charge in [-0.3, -0.25) is 14.5 Å². The molecule has 0 bridgehead atoms. The lowest BCUT2D eigenvalue weighted by molar-refractivity contribution is -0.160. The zero-order valence-corrected chi connectivity index (χ0v) is 20.6. The van der Waals surface area contributed by atoms with Gasteiger partial charge in [0.2, 0.25) is 6.10 Å². The molecule has 192 valence electrons. The zero-order chi connectivity index (χ0) is 24.9. The Hall–Kier alpha value is -3.29. The Kier molecular flexibility index (Phi) is 7.58. The van der Waals surface area contributed by atoms with E-state index in [9.17, 15) is 14.4 Å². The third-order valence-corrected chi connectivity index (χ3v) is 7.58. The largest absolute Gasteiger partial charge is 0.475 e. The molecule has 5 rings (SSSR count). The van der Waals surface area contributed by atoms with E-state index < -0.39 is 12.1 Å². The molecule has 1 aromatic carbocycles. The molecule has 2 heterocycles. The van der Waals surface area contributed by atoms with Crippen molar-refractivity contribution in [3.05, 3.63) is 48.4 Å². The number of amides is 2. The standard InChI is InChI=1S/C28H34N2O6/c31-26(30(20-10-3-1-4-11-20)21-12-5-2-6-13-21)19-35-28(33)25-18-29(27(32)24-16-9-17-34-24)22-14-7-8-15-23(22)36-25/h7-9,14-17,20-21,25H,1-6,10-13,18-19H2. The Morgan fingerprint density at radius 1 is 0.889 bits per heavy atom. The number of carbonyl (C=O) groups excluding carboxylic acids is 3. The zero-order valence-electron chi connectivity index (χ0n) is 20.6. The van der Waals surface area contributed by atoms with Gasteiger partial charge in [-0.05, 0) is 49.9 Å². The summed E-state index contributed by atoms with van der Waals surface area (Å²) in [6.45, 7) is -0.335. The third kappa shape index (κ3) is 5.27. The molecular weight excluding hydrogens is 460 g/mol. The molecule has 2 saturated carbocycles. The van der Waals surface area contributed by atoms with Crippen molar-refractivity contribution in [2.24, 2.45) is 0 Å². The molecule has 0 spiro atoms. The molecule has 2 aliphatic carbocycles. The molecule has 0 saturated heterocycles. The molecule has 3 aliphatic rings. The second-order valence-corrected chi connectivity index (χ2v) is 9.96. The minimum absolute atomic E-state index is 0.0292. The van der Waals surface area contributed by atoms with Crippen molar-refractivity contribution >= 4 is 23.5 Å². The maximum Gasteiger partial charge on any atom is 0.349 e. The molecule has 2 aromatic rings. The molecular formula is C28H34N2O6. The maximum atomic E-state index is 13.4. The molecule has 2 fully saturated rings. The van der Waals surface area contributed by atoms with E-state index in [-0.39, 0.29) is 42.8 Å². The molecule has 1 unspecified atom stereocenters. The molecule has 0 radical (unpaired) electrons. The normalized spacial score (nSPS) is 20.8. The molecule has 8 heteroatoms. The van der Waals surface area contributed by atoms with E-state index in [0.717, 1.165) is 51.4 Å². The minimum atomic E-state index is -1.04. The van der Waals surface area contributed by atoms with E-state index in [1.165, 1.54) is 24.0 Å². The van der Waals surface area contributed by atoms with E-state index in [1.807, 2.05) is 4.90 Å². The predicted octanol–water partition coefficient (Wildman–Crippen LogP) is 4.72. The summed E-state index contributed by atoms with van der Waals surface area (Å²) in [6, 6.07) is 10.7. The second-order valence-electron chi connectivity index (χ2n) is 9.96. The summed E-state index contributed by atoms with van der Waals surface area (Å²) in [5, 5.41) is 0. The summed E-state index contributed by atoms with van der Waals surface area (Å²) in [5.41, 5.74) is 0.555. The van der Waals surface area contributed by atoms with Crippen LogP contribution in [0.3, 0.4) is 0 Å². The number of hydrogen-bond donors (Lipinski definition) is 0. The quantitative estimate of drug-likeness (QED) is 0.540. The predicted molar refractivity (Wildman–Crippen MR) is 133 cm³/mol. The van der Waals surface area contributed by atoms with Crippen molar-refractivity contribution in [3.8, 4) is 5.75 Å². The van der Waals surface area contributed by atoms with E-state index in [2.05, 4.69) is 0 Å². The monoisotopic (exact) mass is 494 g/mol. The number of anilines is 1. The number of rotatable bonds is 6. The average Bonchev–Trinajstić information content (AvgIpc) is 3.47. The fourth-order valence-corrected chi connectivity index (χ4v) is 5.81. The number of nitrogens with zero attached hydrogens (tertiary/aromatic N) is 2. The van der Waals surface area contributed by atoms with Crippen molar-refractivity contribution in [2.45, 2.75) is 82.4 Å². The highest BCUT2D eigenvalue weighted by Crippen LogP contribution is 2.35. The lowest BCUT2D eigenvalue weighted by atomic mass is 9.88. The third-order valence-electron chi connectivity index (χ3n) is 7.58. The van der Waals surface area contributed by atoms with E-state index in [0.29, 0.717) is 11.4 Å². The summed E-state index contributed by atoms with van der Waals surface area (Å²) in [4.78, 5) is 43.0. The van der Waals surface area contributed by atoms with Crippen LogP contribution in [-0.2, 0) is 14.3 Å². The summed E-state index contributed by atoms with van der Waals surface area (Å²) in [7, 11) is 0. The molecule has 1 aromatic heterocycles. The molecule has 1 atom stereocenters. The van der Waals surface area contributed by atoms with E-state index in [4.69, 9.17) is 13.9 Å². The number of esters is 1. The Bertz CT molecular complexity index is 1040. The van der Waals surface area contributed by atoms with Gasteiger partial charge in [-0.2, -0.15) is 0 Å². The van der Waals surface area contributed by atoms with Crippen LogP contribution in [0.4, 0.5) is 5.69 Å². The van der Waals surface area contributed by atoms with Crippen LogP contribution in [0.25, 0.3) is 0 Å². The van der Waals surface area contributed by atoms with Gasteiger partial charge in [-0.1, -0.05) is 50.7 Å². The van der Waals surface area contributed by atoms with Gasteiger partial charge in [0.15, 0.2) is 12.4 Å². The van der Waals surface area contributed by atoms with Crippen molar-refractivity contribution in [2.75, 3.05) is 18.1 Å². The van der Waals surface area contributed by atoms with Crippen LogP contribution < -0.4 is 9.64 Å². The van der Waals surface area contributed by atoms with Crippen molar-refractivity contribution < 1.29 is 28.3 Å². The SMILES string of the molecule is O=C(OCC(=O)N(C1CCCCC1)C1CCCCC1)C1CN(C(=O)c2ccco2)c2ccccc2O1. The smallest absolute Gasteiger partial charge is 0.349 e. The number of hydrogen-bond acceptors (Lipinski definition) is 6. The van der Waals surface area contributed by atoms with Gasteiger partial charge in [0.25, 0.3) is 11.8 Å². The van der Waals surface area contributed by atoms with Crippen LogP contribution in [0.1, 0.15) is 74.8 Å². The lowest BCUT2D eigenvalue weighted by Gasteiger charge is -2.41. The van der Waals surface area contributed by atoms with Gasteiger partial charge in [0.05, 0.1) is 18.5 Å². The number of fused-ring (bicyclic) bond motifs is 1. The number of benzene rings is 1. The van der Waals surface area contributed by atoms with Crippen molar-refractivity contribution in [3.63, 3.8) is 0 Å². The topological polar surface area (TPSA) is 89.3 Å². The van der Waals surface area contributed by atoms with Gasteiger partial charge >= 0.3 is 5.97 Å². The van der Waals surface area contributed by atoms with E-state index >= 15 is 0 Å². The van der Waals surface area contributed by atoms with Crippen molar-refractivity contribution in [1.82, 2.24) is 4.90 Å². The van der Waals surface area contributed by atoms with Gasteiger partial charge in [-0.25, -0.2) is 4.79 Å². The molecule has 0 N–H and O–H groups in total. The van der Waals surface area contributed by atoms with Crippen LogP contribution in [0.15, 0.2) is 47.1 Å². The minimum Gasteiger partial charge on any atom is -0.475 e. The fraction of sp³-hybridized carbons (Fsp3) is 0.536. The Morgan fingerprint density at radius 2 is 1.56 bits per heavy atom. The van der Waals surface area contributed by atoms with E-state index in [1.54, 1.807) is 36.4 Å². The highest BCUT2D eigenvalue weighted by molar-refractivity contribution is 6.06. The Labute approximate surface area is 211 Å². The van der Waals surface area contributed by atoms with Crippen LogP contribution in [0.5, 0.6) is 5.75 Å². The first-order valence-corrected chi connectivity index (χ1v) is 13.2. The summed E-state index contributed by atoms with van der Waals surface area (Å²) in [6.07, 6.45) is 11.4. The highest BCUT2D eigenvalue weighted by atomic mass is 16.6. The molecule has 36 heavy (non-hydrogen) atoms. The first kappa shape index (κ1) is 24.4.